The van der Waals surface area contributed by atoms with Crippen molar-refractivity contribution in [2.75, 3.05) is 13.2 Å². The summed E-state index contributed by atoms with van der Waals surface area (Å²) in [6, 6.07) is 13.4. The standard InChI is InChI=1S/C27H28F3N5O2/c1-17(2)27(25(31)36,35-16-26(28,29)30)20-10-19(12-32-13-20)23-15-34-24-22(23)11-21(14-33-24)37-9-8-18-6-4-3-5-7-18/h3-7,10-15,17,35H,8-9,16H2,1-2H3,(H2,31,36)(H,33,34)/t27-/m1/s1. The van der Waals surface area contributed by atoms with Crippen LogP contribution < -0.4 is 15.8 Å². The maximum absolute atomic E-state index is 13.1. The number of H-pyrrole nitrogens is 1. The molecular formula is C27H28F3N5O2. The fourth-order valence-electron chi connectivity index (χ4n) is 4.43. The molecule has 7 nitrogen and oxygen atoms in total. The molecule has 4 N–H and O–H groups in total. The van der Waals surface area contributed by atoms with Gasteiger partial charge < -0.3 is 15.5 Å². The number of nitrogens with one attached hydrogen (secondary N) is 2. The minimum atomic E-state index is -4.53. The van der Waals surface area contributed by atoms with Gasteiger partial charge in [0.05, 0.1) is 19.3 Å². The van der Waals surface area contributed by atoms with Crippen molar-refractivity contribution in [2.24, 2.45) is 11.7 Å². The first-order valence-electron chi connectivity index (χ1n) is 11.8. The third-order valence-corrected chi connectivity index (χ3v) is 6.34. The molecule has 0 bridgehead atoms. The molecule has 0 unspecified atom stereocenters. The highest BCUT2D eigenvalue weighted by molar-refractivity contribution is 5.94. The van der Waals surface area contributed by atoms with E-state index in [-0.39, 0.29) is 5.56 Å². The Bertz CT molecular complexity index is 1370. The van der Waals surface area contributed by atoms with E-state index in [9.17, 15) is 18.0 Å². The lowest BCUT2D eigenvalue weighted by molar-refractivity contribution is -0.139. The van der Waals surface area contributed by atoms with Crippen LogP contribution in [0.5, 0.6) is 5.75 Å². The van der Waals surface area contributed by atoms with Crippen molar-refractivity contribution in [3.8, 4) is 16.9 Å². The van der Waals surface area contributed by atoms with E-state index in [1.54, 1.807) is 38.5 Å². The molecule has 0 saturated carbocycles. The van der Waals surface area contributed by atoms with Crippen LogP contribution in [0.1, 0.15) is 25.0 Å². The molecule has 0 saturated heterocycles. The average molecular weight is 512 g/mol. The van der Waals surface area contributed by atoms with Crippen LogP contribution in [-0.4, -0.2) is 40.2 Å². The SMILES string of the molecule is CC(C)[C@](NCC(F)(F)F)(C(N)=O)c1cncc(-c2c[nH]c3ncc(OCCc4ccccc4)cc23)c1. The molecular weight excluding hydrogens is 483 g/mol. The van der Waals surface area contributed by atoms with Gasteiger partial charge in [-0.15, -0.1) is 0 Å². The molecule has 4 aromatic rings. The zero-order valence-electron chi connectivity index (χ0n) is 20.5. The van der Waals surface area contributed by atoms with Gasteiger partial charge in [0.1, 0.15) is 16.9 Å². The molecule has 0 fully saturated rings. The van der Waals surface area contributed by atoms with Crippen LogP contribution in [0.25, 0.3) is 22.2 Å². The largest absolute Gasteiger partial charge is 0.492 e. The predicted molar refractivity (Wildman–Crippen MR) is 135 cm³/mol. The number of aromatic nitrogens is 3. The lowest BCUT2D eigenvalue weighted by atomic mass is 9.79. The normalized spacial score (nSPS) is 13.6. The number of primary amides is 1. The van der Waals surface area contributed by atoms with E-state index in [0.717, 1.165) is 17.4 Å². The summed E-state index contributed by atoms with van der Waals surface area (Å²) >= 11 is 0. The summed E-state index contributed by atoms with van der Waals surface area (Å²) < 4.78 is 45.1. The number of carbonyl (C=O) groups excluding carboxylic acids is 1. The van der Waals surface area contributed by atoms with Gasteiger partial charge >= 0.3 is 6.18 Å². The Balaban J connectivity index is 1.65. The number of aromatic amines is 1. The molecule has 194 valence electrons. The van der Waals surface area contributed by atoms with E-state index >= 15 is 0 Å². The molecule has 0 aliphatic heterocycles. The van der Waals surface area contributed by atoms with Gasteiger partial charge in [0.25, 0.3) is 0 Å². The molecule has 3 aromatic heterocycles. The Morgan fingerprint density at radius 1 is 1.14 bits per heavy atom. The topological polar surface area (TPSA) is 106 Å². The highest BCUT2D eigenvalue weighted by Gasteiger charge is 2.44. The zero-order valence-corrected chi connectivity index (χ0v) is 20.5. The number of ether oxygens (including phenoxy) is 1. The lowest BCUT2D eigenvalue weighted by Gasteiger charge is -2.36. The Labute approximate surface area is 212 Å². The van der Waals surface area contributed by atoms with Crippen LogP contribution in [0, 0.1) is 5.92 Å². The molecule has 3 heterocycles. The van der Waals surface area contributed by atoms with Gasteiger partial charge in [-0.25, -0.2) is 4.98 Å². The number of nitrogens with two attached hydrogens (primary N) is 1. The highest BCUT2D eigenvalue weighted by atomic mass is 19.4. The van der Waals surface area contributed by atoms with Crippen molar-refractivity contribution in [3.63, 3.8) is 0 Å². The number of rotatable bonds is 10. The molecule has 10 heteroatoms. The minimum absolute atomic E-state index is 0.245. The maximum atomic E-state index is 13.1. The van der Waals surface area contributed by atoms with E-state index < -0.39 is 30.1 Å². The van der Waals surface area contributed by atoms with Crippen molar-refractivity contribution in [1.29, 1.82) is 0 Å². The second kappa shape index (κ2) is 10.6. The molecule has 1 aromatic carbocycles. The van der Waals surface area contributed by atoms with E-state index in [1.165, 1.54) is 6.20 Å². The van der Waals surface area contributed by atoms with Gasteiger partial charge in [-0.3, -0.25) is 15.1 Å². The van der Waals surface area contributed by atoms with Crippen molar-refractivity contribution in [2.45, 2.75) is 32.0 Å². The summed E-state index contributed by atoms with van der Waals surface area (Å²) in [7, 11) is 0. The average Bonchev–Trinajstić information content (AvgIpc) is 3.27. The zero-order chi connectivity index (χ0) is 26.6. The number of nitrogens with zero attached hydrogens (tertiary/aromatic N) is 2. The predicted octanol–water partition coefficient (Wildman–Crippen LogP) is 4.73. The van der Waals surface area contributed by atoms with Gasteiger partial charge in [0, 0.05) is 47.1 Å². The Hall–Kier alpha value is -3.92. The van der Waals surface area contributed by atoms with E-state index in [1.807, 2.05) is 36.4 Å². The molecule has 0 aliphatic carbocycles. The quantitative estimate of drug-likeness (QED) is 0.285. The van der Waals surface area contributed by atoms with Gasteiger partial charge in [-0.05, 0) is 23.6 Å². The lowest BCUT2D eigenvalue weighted by Crippen LogP contribution is -2.58. The molecule has 4 rings (SSSR count). The van der Waals surface area contributed by atoms with Gasteiger partial charge in [0.2, 0.25) is 5.91 Å². The molecule has 0 spiro atoms. The summed E-state index contributed by atoms with van der Waals surface area (Å²) in [6.07, 6.45) is 2.50. The Morgan fingerprint density at radius 2 is 1.89 bits per heavy atom. The summed E-state index contributed by atoms with van der Waals surface area (Å²) in [4.78, 5) is 24.3. The summed E-state index contributed by atoms with van der Waals surface area (Å²) in [5.41, 5.74) is 7.21. The second-order valence-corrected chi connectivity index (χ2v) is 9.11. The summed E-state index contributed by atoms with van der Waals surface area (Å²) in [5, 5.41) is 3.11. The molecule has 0 radical (unpaired) electrons. The van der Waals surface area contributed by atoms with Crippen LogP contribution >= 0.6 is 0 Å². The number of carbonyl (C=O) groups is 1. The van der Waals surface area contributed by atoms with E-state index in [2.05, 4.69) is 20.3 Å². The van der Waals surface area contributed by atoms with Crippen LogP contribution in [0.3, 0.4) is 0 Å². The third-order valence-electron chi connectivity index (χ3n) is 6.34. The fraction of sp³-hybridized carbons (Fsp3) is 0.296. The number of pyridine rings is 2. The first-order valence-corrected chi connectivity index (χ1v) is 11.8. The molecule has 37 heavy (non-hydrogen) atoms. The molecule has 1 amide bonds. The number of halogens is 3. The number of benzene rings is 1. The van der Waals surface area contributed by atoms with E-state index in [0.29, 0.717) is 29.1 Å². The summed E-state index contributed by atoms with van der Waals surface area (Å²) in [6.45, 7) is 2.36. The molecule has 0 aliphatic rings. The first kappa shape index (κ1) is 26.2. The van der Waals surface area contributed by atoms with Crippen LogP contribution in [0.4, 0.5) is 13.2 Å². The van der Waals surface area contributed by atoms with Crippen LogP contribution in [0.15, 0.2) is 67.3 Å². The first-order chi connectivity index (χ1) is 17.6. The highest BCUT2D eigenvalue weighted by Crippen LogP contribution is 2.35. The van der Waals surface area contributed by atoms with Gasteiger partial charge in [0.15, 0.2) is 0 Å². The number of hydrogen-bond donors (Lipinski definition) is 3. The van der Waals surface area contributed by atoms with Gasteiger partial charge in [-0.2, -0.15) is 13.2 Å². The monoisotopic (exact) mass is 511 g/mol. The van der Waals surface area contributed by atoms with Crippen molar-refractivity contribution < 1.29 is 22.7 Å². The van der Waals surface area contributed by atoms with Crippen LogP contribution in [0.2, 0.25) is 0 Å². The van der Waals surface area contributed by atoms with Crippen LogP contribution in [-0.2, 0) is 16.8 Å². The third kappa shape index (κ3) is 5.75. The Morgan fingerprint density at radius 3 is 2.57 bits per heavy atom. The number of alkyl halides is 3. The van der Waals surface area contributed by atoms with Crippen molar-refractivity contribution in [3.05, 3.63) is 78.4 Å². The summed E-state index contributed by atoms with van der Waals surface area (Å²) in [5.74, 6) is -0.923. The van der Waals surface area contributed by atoms with Gasteiger partial charge in [-0.1, -0.05) is 44.2 Å². The number of amides is 1. The Kier molecular flexibility index (Phi) is 7.49. The number of hydrogen-bond acceptors (Lipinski definition) is 5. The maximum Gasteiger partial charge on any atom is 0.401 e. The number of fused-ring (bicyclic) bond motifs is 1. The van der Waals surface area contributed by atoms with Crippen molar-refractivity contribution >= 4 is 16.9 Å². The van der Waals surface area contributed by atoms with Crippen molar-refractivity contribution in [1.82, 2.24) is 20.3 Å². The minimum Gasteiger partial charge on any atom is -0.492 e. The smallest absolute Gasteiger partial charge is 0.401 e. The second-order valence-electron chi connectivity index (χ2n) is 9.11. The van der Waals surface area contributed by atoms with E-state index in [4.69, 9.17) is 10.5 Å². The fourth-order valence-corrected chi connectivity index (χ4v) is 4.43. The molecule has 1 atom stereocenters.